The first-order chi connectivity index (χ1) is 12.3. The molecule has 0 aliphatic carbocycles. The molecule has 138 valence electrons. The number of hydrogen-bond acceptors (Lipinski definition) is 5. The largest absolute Gasteiger partial charge is 0.480 e. The lowest BCUT2D eigenvalue weighted by Gasteiger charge is -2.15. The molecular weight excluding hydrogens is 380 g/mol. The maximum absolute atomic E-state index is 12.4. The number of sulfonamides is 1. The molecule has 9 heteroatoms. The Morgan fingerprint density at radius 1 is 1.27 bits per heavy atom. The van der Waals surface area contributed by atoms with Gasteiger partial charge in [0.1, 0.15) is 5.75 Å². The monoisotopic (exact) mass is 396 g/mol. The highest BCUT2D eigenvalue weighted by Crippen LogP contribution is 2.31. The first kappa shape index (κ1) is 18.7. The molecule has 2 aromatic rings. The number of anilines is 1. The summed E-state index contributed by atoms with van der Waals surface area (Å²) >= 11 is 5.95. The van der Waals surface area contributed by atoms with Crippen LogP contribution in [0.2, 0.25) is 5.02 Å². The van der Waals surface area contributed by atoms with Gasteiger partial charge in [0.2, 0.25) is 0 Å². The molecule has 1 aliphatic heterocycles. The Morgan fingerprint density at radius 3 is 2.62 bits per heavy atom. The van der Waals surface area contributed by atoms with Gasteiger partial charge in [-0.15, -0.1) is 0 Å². The Morgan fingerprint density at radius 2 is 1.96 bits per heavy atom. The smallest absolute Gasteiger partial charge is 0.265 e. The Balaban J connectivity index is 1.68. The highest BCUT2D eigenvalue weighted by atomic mass is 35.5. The molecule has 0 spiro atoms. The average Bonchev–Trinajstić information content (AvgIpc) is 3.04. The fourth-order valence-electron chi connectivity index (χ4n) is 2.54. The van der Waals surface area contributed by atoms with Crippen LogP contribution >= 0.6 is 11.6 Å². The number of benzene rings is 2. The molecule has 2 aromatic carbocycles. The molecule has 0 saturated carbocycles. The van der Waals surface area contributed by atoms with E-state index in [4.69, 9.17) is 21.2 Å². The van der Waals surface area contributed by atoms with Gasteiger partial charge in [-0.2, -0.15) is 0 Å². The van der Waals surface area contributed by atoms with Crippen LogP contribution in [-0.4, -0.2) is 39.1 Å². The number of nitrogens with zero attached hydrogens (tertiary/aromatic N) is 1. The Labute approximate surface area is 156 Å². The first-order valence-corrected chi connectivity index (χ1v) is 9.52. The molecule has 3 rings (SSSR count). The molecule has 0 radical (unpaired) electrons. The Bertz CT molecular complexity index is 931. The highest BCUT2D eigenvalue weighted by Gasteiger charge is 2.29. The van der Waals surface area contributed by atoms with Crippen molar-refractivity contribution in [2.45, 2.75) is 17.4 Å². The summed E-state index contributed by atoms with van der Waals surface area (Å²) in [6, 6.07) is 11.0. The van der Waals surface area contributed by atoms with Crippen molar-refractivity contribution in [2.24, 2.45) is 0 Å². The first-order valence-electron chi connectivity index (χ1n) is 7.70. The SMILES string of the molecule is CON(C)S(=O)(=O)c1ccc(NC(=O)[C@H]2Cc3cc(Cl)ccc3O2)cc1. The van der Waals surface area contributed by atoms with Crippen molar-refractivity contribution in [1.29, 1.82) is 0 Å². The van der Waals surface area contributed by atoms with E-state index in [0.717, 1.165) is 10.0 Å². The topological polar surface area (TPSA) is 84.9 Å². The van der Waals surface area contributed by atoms with Crippen molar-refractivity contribution in [3.8, 4) is 5.75 Å². The van der Waals surface area contributed by atoms with E-state index in [-0.39, 0.29) is 10.8 Å². The van der Waals surface area contributed by atoms with Gasteiger partial charge in [0.25, 0.3) is 15.9 Å². The van der Waals surface area contributed by atoms with Crippen LogP contribution in [0.15, 0.2) is 47.4 Å². The number of ether oxygens (including phenoxy) is 1. The summed E-state index contributed by atoms with van der Waals surface area (Å²) in [6.07, 6.45) is -0.237. The predicted octanol–water partition coefficient (Wildman–Crippen LogP) is 2.46. The number of hydrogen-bond donors (Lipinski definition) is 1. The van der Waals surface area contributed by atoms with Crippen molar-refractivity contribution in [2.75, 3.05) is 19.5 Å². The molecule has 0 bridgehead atoms. The summed E-state index contributed by atoms with van der Waals surface area (Å²) in [5.41, 5.74) is 1.34. The standard InChI is InChI=1S/C17H17ClN2O5S/c1-20(24-2)26(22,23)14-6-4-13(5-7-14)19-17(21)16-10-11-9-12(18)3-8-15(11)25-16/h3-9,16H,10H2,1-2H3,(H,19,21)/t16-/m1/s1. The number of carbonyl (C=O) groups is 1. The van der Waals surface area contributed by atoms with Crippen LogP contribution in [-0.2, 0) is 26.1 Å². The molecule has 0 aromatic heterocycles. The molecule has 0 fully saturated rings. The number of nitrogens with one attached hydrogen (secondary N) is 1. The normalized spacial score (nSPS) is 16.2. The van der Waals surface area contributed by atoms with Crippen LogP contribution in [0.4, 0.5) is 5.69 Å². The molecule has 1 N–H and O–H groups in total. The Kier molecular flexibility index (Phi) is 5.19. The molecule has 1 atom stereocenters. The lowest BCUT2D eigenvalue weighted by molar-refractivity contribution is -0.122. The van der Waals surface area contributed by atoms with Gasteiger partial charge >= 0.3 is 0 Å². The van der Waals surface area contributed by atoms with Gasteiger partial charge in [-0.1, -0.05) is 16.1 Å². The number of rotatable bonds is 5. The van der Waals surface area contributed by atoms with E-state index in [1.54, 1.807) is 18.2 Å². The molecule has 0 saturated heterocycles. The van der Waals surface area contributed by atoms with Gasteiger partial charge < -0.3 is 10.1 Å². The zero-order chi connectivity index (χ0) is 18.9. The van der Waals surface area contributed by atoms with Crippen molar-refractivity contribution in [3.63, 3.8) is 0 Å². The van der Waals surface area contributed by atoms with Gasteiger partial charge in [-0.05, 0) is 48.0 Å². The van der Waals surface area contributed by atoms with Gasteiger partial charge in [0.05, 0.1) is 12.0 Å². The van der Waals surface area contributed by atoms with Crippen molar-refractivity contribution in [1.82, 2.24) is 4.47 Å². The number of carbonyl (C=O) groups excluding carboxylic acids is 1. The maximum atomic E-state index is 12.4. The molecular formula is C17H17ClN2O5S. The second kappa shape index (κ2) is 7.24. The van der Waals surface area contributed by atoms with E-state index >= 15 is 0 Å². The second-order valence-electron chi connectivity index (χ2n) is 5.67. The van der Waals surface area contributed by atoms with Gasteiger partial charge in [-0.25, -0.2) is 8.42 Å². The van der Waals surface area contributed by atoms with E-state index in [1.807, 2.05) is 0 Å². The minimum atomic E-state index is -3.73. The average molecular weight is 397 g/mol. The quantitative estimate of drug-likeness (QED) is 0.785. The number of amides is 1. The third kappa shape index (κ3) is 3.68. The van der Waals surface area contributed by atoms with Gasteiger partial charge in [0.15, 0.2) is 6.10 Å². The fourth-order valence-corrected chi connectivity index (χ4v) is 3.71. The molecule has 7 nitrogen and oxygen atoms in total. The summed E-state index contributed by atoms with van der Waals surface area (Å²) in [5.74, 6) is 0.320. The van der Waals surface area contributed by atoms with Crippen LogP contribution in [0.25, 0.3) is 0 Å². The zero-order valence-corrected chi connectivity index (χ0v) is 15.7. The van der Waals surface area contributed by atoms with E-state index in [9.17, 15) is 13.2 Å². The van der Waals surface area contributed by atoms with Crippen molar-refractivity contribution in [3.05, 3.63) is 53.1 Å². The lowest BCUT2D eigenvalue weighted by atomic mass is 10.1. The minimum absolute atomic E-state index is 0.0546. The summed E-state index contributed by atoms with van der Waals surface area (Å²) < 4.78 is 30.7. The molecule has 1 aliphatic rings. The van der Waals surface area contributed by atoms with E-state index in [1.165, 1.54) is 38.4 Å². The maximum Gasteiger partial charge on any atom is 0.265 e. The second-order valence-corrected chi connectivity index (χ2v) is 8.05. The third-order valence-corrected chi connectivity index (χ3v) is 5.93. The minimum Gasteiger partial charge on any atom is -0.480 e. The van der Waals surface area contributed by atoms with Crippen LogP contribution in [0.5, 0.6) is 5.75 Å². The zero-order valence-electron chi connectivity index (χ0n) is 14.1. The van der Waals surface area contributed by atoms with Crippen LogP contribution in [0.3, 0.4) is 0 Å². The van der Waals surface area contributed by atoms with Crippen molar-refractivity contribution < 1.29 is 22.8 Å². The van der Waals surface area contributed by atoms with Gasteiger partial charge in [-0.3, -0.25) is 9.63 Å². The molecule has 1 heterocycles. The highest BCUT2D eigenvalue weighted by molar-refractivity contribution is 7.89. The van der Waals surface area contributed by atoms with Crippen LogP contribution in [0.1, 0.15) is 5.56 Å². The molecule has 1 amide bonds. The van der Waals surface area contributed by atoms with Crippen LogP contribution in [0, 0.1) is 0 Å². The lowest BCUT2D eigenvalue weighted by Crippen LogP contribution is -2.31. The summed E-state index contributed by atoms with van der Waals surface area (Å²) in [6.45, 7) is 0. The third-order valence-electron chi connectivity index (χ3n) is 4.00. The number of halogens is 1. The van der Waals surface area contributed by atoms with E-state index < -0.39 is 16.1 Å². The van der Waals surface area contributed by atoms with Crippen molar-refractivity contribution >= 4 is 33.2 Å². The molecule has 0 unspecified atom stereocenters. The van der Waals surface area contributed by atoms with Crippen LogP contribution < -0.4 is 10.1 Å². The summed E-state index contributed by atoms with van der Waals surface area (Å²) in [7, 11) is -1.17. The Hall–Kier alpha value is -2.13. The van der Waals surface area contributed by atoms with E-state index in [2.05, 4.69) is 5.32 Å². The summed E-state index contributed by atoms with van der Waals surface area (Å²) in [5, 5.41) is 3.31. The number of fused-ring (bicyclic) bond motifs is 1. The fraction of sp³-hybridized carbons (Fsp3) is 0.235. The van der Waals surface area contributed by atoms with Gasteiger partial charge in [0, 0.05) is 24.2 Å². The summed E-state index contributed by atoms with van der Waals surface area (Å²) in [4.78, 5) is 17.2. The van der Waals surface area contributed by atoms with E-state index in [0.29, 0.717) is 22.9 Å². The molecule has 26 heavy (non-hydrogen) atoms. The predicted molar refractivity (Wildman–Crippen MR) is 96.6 cm³/mol. The number of hydroxylamine groups is 1.